The van der Waals surface area contributed by atoms with Crippen molar-refractivity contribution in [3.63, 3.8) is 0 Å². The number of amides is 1. The van der Waals surface area contributed by atoms with Crippen molar-refractivity contribution in [3.05, 3.63) is 34.2 Å². The molecule has 0 spiro atoms. The second-order valence-corrected chi connectivity index (χ2v) is 7.33. The molecule has 2 aliphatic rings. The minimum absolute atomic E-state index is 0.231. The highest BCUT2D eigenvalue weighted by Crippen LogP contribution is 2.24. The second kappa shape index (κ2) is 7.22. The number of piperidine rings is 2. The van der Waals surface area contributed by atoms with Crippen LogP contribution in [0.3, 0.4) is 0 Å². The molecule has 3 heterocycles. The maximum Gasteiger partial charge on any atom is 0.329 e. The molecule has 2 aliphatic heterocycles. The van der Waals surface area contributed by atoms with Gasteiger partial charge in [-0.25, -0.2) is 4.79 Å². The van der Waals surface area contributed by atoms with Crippen LogP contribution in [0.25, 0.3) is 11.0 Å². The summed E-state index contributed by atoms with van der Waals surface area (Å²) in [6.45, 7) is 2.02. The first kappa shape index (κ1) is 17.8. The summed E-state index contributed by atoms with van der Waals surface area (Å²) in [6.07, 6.45) is 2.15. The van der Waals surface area contributed by atoms with Crippen LogP contribution in [-0.4, -0.2) is 39.5 Å². The van der Waals surface area contributed by atoms with Gasteiger partial charge >= 0.3 is 5.69 Å². The lowest BCUT2D eigenvalue weighted by atomic mass is 9.98. The van der Waals surface area contributed by atoms with Crippen LogP contribution in [0.15, 0.2) is 23.0 Å². The zero-order valence-electron chi connectivity index (χ0n) is 15.4. The summed E-state index contributed by atoms with van der Waals surface area (Å²) in [5, 5.41) is 15.4. The fourth-order valence-electron chi connectivity index (χ4n) is 3.92. The number of hydrogen-bond donors (Lipinski definition) is 3. The lowest BCUT2D eigenvalue weighted by Crippen LogP contribution is -2.46. The van der Waals surface area contributed by atoms with Gasteiger partial charge in [-0.3, -0.25) is 13.9 Å². The van der Waals surface area contributed by atoms with Crippen molar-refractivity contribution in [2.45, 2.75) is 38.0 Å². The summed E-state index contributed by atoms with van der Waals surface area (Å²) in [5.74, 6) is 6.67. The van der Waals surface area contributed by atoms with Crippen LogP contribution < -0.4 is 16.3 Å². The van der Waals surface area contributed by atoms with Crippen molar-refractivity contribution >= 4 is 16.9 Å². The molecule has 2 saturated heterocycles. The number of aryl methyl sites for hydroxylation is 1. The Balaban J connectivity index is 1.69. The van der Waals surface area contributed by atoms with Gasteiger partial charge in [0.05, 0.1) is 11.0 Å². The fourth-order valence-corrected chi connectivity index (χ4v) is 3.92. The van der Waals surface area contributed by atoms with Gasteiger partial charge in [-0.05, 0) is 57.0 Å². The summed E-state index contributed by atoms with van der Waals surface area (Å²) in [6, 6.07) is 5.08. The van der Waals surface area contributed by atoms with Crippen LogP contribution in [0.5, 0.6) is 0 Å². The lowest BCUT2D eigenvalue weighted by molar-refractivity contribution is -0.130. The lowest BCUT2D eigenvalue weighted by Gasteiger charge is -2.26. The van der Waals surface area contributed by atoms with Crippen molar-refractivity contribution < 1.29 is 9.90 Å². The van der Waals surface area contributed by atoms with E-state index in [0.717, 1.165) is 37.0 Å². The van der Waals surface area contributed by atoms with Crippen LogP contribution in [0.4, 0.5) is 0 Å². The molecular formula is C20H24N4O3. The topological polar surface area (TPSA) is 88.3 Å². The van der Waals surface area contributed by atoms with E-state index in [2.05, 4.69) is 22.5 Å². The van der Waals surface area contributed by atoms with Gasteiger partial charge in [0.15, 0.2) is 0 Å². The monoisotopic (exact) mass is 368 g/mol. The van der Waals surface area contributed by atoms with Gasteiger partial charge in [0.25, 0.3) is 0 Å². The van der Waals surface area contributed by atoms with Crippen molar-refractivity contribution in [1.29, 1.82) is 0 Å². The Kier molecular flexibility index (Phi) is 4.77. The molecule has 3 N–H and O–H groups in total. The zero-order valence-corrected chi connectivity index (χ0v) is 15.4. The molecule has 2 fully saturated rings. The first-order chi connectivity index (χ1) is 13.0. The maximum absolute atomic E-state index is 12.8. The van der Waals surface area contributed by atoms with Crippen molar-refractivity contribution in [2.24, 2.45) is 13.0 Å². The number of nitrogens with zero attached hydrogens (tertiary/aromatic N) is 2. The Bertz CT molecular complexity index is 988. The Morgan fingerprint density at radius 1 is 1.11 bits per heavy atom. The molecule has 0 aliphatic carbocycles. The fraction of sp³-hybridized carbons (Fsp3) is 0.500. The van der Waals surface area contributed by atoms with E-state index < -0.39 is 12.3 Å². The molecule has 1 aromatic heterocycles. The average Bonchev–Trinajstić information content (AvgIpc) is 2.92. The highest BCUT2D eigenvalue weighted by molar-refractivity contribution is 5.85. The molecule has 1 amide bonds. The first-order valence-electron chi connectivity index (χ1n) is 9.46. The Morgan fingerprint density at radius 3 is 2.63 bits per heavy atom. The van der Waals surface area contributed by atoms with Gasteiger partial charge in [-0.2, -0.15) is 0 Å². The minimum atomic E-state index is -0.837. The van der Waals surface area contributed by atoms with Crippen LogP contribution in [0.1, 0.15) is 37.3 Å². The number of carbonyl (C=O) groups is 1. The average molecular weight is 368 g/mol. The van der Waals surface area contributed by atoms with Crippen LogP contribution in [0.2, 0.25) is 0 Å². The second-order valence-electron chi connectivity index (χ2n) is 7.33. The van der Waals surface area contributed by atoms with Crippen molar-refractivity contribution in [1.82, 2.24) is 19.8 Å². The third-order valence-corrected chi connectivity index (χ3v) is 5.49. The van der Waals surface area contributed by atoms with E-state index in [0.29, 0.717) is 24.3 Å². The number of carbonyl (C=O) groups excluding carboxylic acids is 1. The Labute approximate surface area is 157 Å². The van der Waals surface area contributed by atoms with Gasteiger partial charge < -0.3 is 15.7 Å². The summed E-state index contributed by atoms with van der Waals surface area (Å²) >= 11 is 0. The summed E-state index contributed by atoms with van der Waals surface area (Å²) in [7, 11) is 1.71. The SMILES string of the molecule is Cn1c(=O)n(C2CCC(O)NC2=O)c2ccc(C#CC3CCNCC3)cc21. The molecule has 4 rings (SSSR count). The number of rotatable bonds is 1. The summed E-state index contributed by atoms with van der Waals surface area (Å²) in [4.78, 5) is 25.1. The Hall–Kier alpha value is -2.56. The number of hydrogen-bond acceptors (Lipinski definition) is 4. The van der Waals surface area contributed by atoms with Crippen LogP contribution in [0, 0.1) is 17.8 Å². The molecule has 7 nitrogen and oxygen atoms in total. The highest BCUT2D eigenvalue weighted by Gasteiger charge is 2.31. The molecule has 2 aromatic rings. The van der Waals surface area contributed by atoms with Crippen molar-refractivity contribution in [3.8, 4) is 11.8 Å². The van der Waals surface area contributed by atoms with E-state index in [1.54, 1.807) is 11.6 Å². The zero-order chi connectivity index (χ0) is 19.0. The molecule has 0 bridgehead atoms. The molecule has 142 valence electrons. The number of aliphatic hydroxyl groups excluding tert-OH is 1. The highest BCUT2D eigenvalue weighted by atomic mass is 16.3. The van der Waals surface area contributed by atoms with Crippen molar-refractivity contribution in [2.75, 3.05) is 13.1 Å². The number of aromatic nitrogens is 2. The van der Waals surface area contributed by atoms with Gasteiger partial charge in [0, 0.05) is 18.5 Å². The molecule has 0 radical (unpaired) electrons. The molecule has 7 heteroatoms. The van der Waals surface area contributed by atoms with Crippen LogP contribution >= 0.6 is 0 Å². The third kappa shape index (κ3) is 3.38. The molecule has 1 aromatic carbocycles. The van der Waals surface area contributed by atoms with Gasteiger partial charge in [0.2, 0.25) is 5.91 Å². The molecule has 27 heavy (non-hydrogen) atoms. The largest absolute Gasteiger partial charge is 0.374 e. The predicted octanol–water partition coefficient (Wildman–Crippen LogP) is 0.461. The smallest absolute Gasteiger partial charge is 0.329 e. The van der Waals surface area contributed by atoms with Crippen LogP contribution in [-0.2, 0) is 11.8 Å². The standard InChI is InChI=1S/C20H24N4O3/c1-23-17-12-14(3-2-13-8-10-21-11-9-13)4-5-15(17)24(20(23)27)16-6-7-18(25)22-19(16)26/h4-5,12-13,16,18,21,25H,6-11H2,1H3,(H,22,26). The molecule has 0 saturated carbocycles. The first-order valence-corrected chi connectivity index (χ1v) is 9.46. The molecule has 2 atom stereocenters. The Morgan fingerprint density at radius 2 is 1.89 bits per heavy atom. The van der Waals surface area contributed by atoms with Gasteiger partial charge in [-0.1, -0.05) is 11.8 Å². The number of fused-ring (bicyclic) bond motifs is 1. The predicted molar refractivity (Wildman–Crippen MR) is 102 cm³/mol. The molecule has 2 unspecified atom stereocenters. The van der Waals surface area contributed by atoms with E-state index in [-0.39, 0.29) is 11.6 Å². The van der Waals surface area contributed by atoms with E-state index in [9.17, 15) is 14.7 Å². The quantitative estimate of drug-likeness (QED) is 0.638. The van der Waals surface area contributed by atoms with E-state index in [4.69, 9.17) is 0 Å². The van der Waals surface area contributed by atoms with E-state index in [1.165, 1.54) is 4.57 Å². The number of benzene rings is 1. The van der Waals surface area contributed by atoms with E-state index in [1.807, 2.05) is 18.2 Å². The number of aliphatic hydroxyl groups is 1. The van der Waals surface area contributed by atoms with Gasteiger partial charge in [-0.15, -0.1) is 0 Å². The summed E-state index contributed by atoms with van der Waals surface area (Å²) < 4.78 is 3.09. The van der Waals surface area contributed by atoms with E-state index >= 15 is 0 Å². The minimum Gasteiger partial charge on any atom is -0.374 e. The maximum atomic E-state index is 12.8. The summed E-state index contributed by atoms with van der Waals surface area (Å²) in [5.41, 5.74) is 2.12. The normalized spacial score (nSPS) is 23.7. The van der Waals surface area contributed by atoms with Gasteiger partial charge in [0.1, 0.15) is 12.3 Å². The molecular weight excluding hydrogens is 344 g/mol. The number of nitrogens with one attached hydrogen (secondary N) is 2. The third-order valence-electron chi connectivity index (χ3n) is 5.49. The number of imidazole rings is 1.